The lowest BCUT2D eigenvalue weighted by Gasteiger charge is -1.90. The lowest BCUT2D eigenvalue weighted by atomic mass is 10.2. The molecule has 14 heavy (non-hydrogen) atoms. The molecular formula is C10H11N3O. The van der Waals surface area contributed by atoms with Crippen LogP contribution in [0.2, 0.25) is 0 Å². The Balaban J connectivity index is 2.25. The monoisotopic (exact) mass is 189 g/mol. The molecule has 2 rings (SSSR count). The van der Waals surface area contributed by atoms with Crippen LogP contribution in [0.15, 0.2) is 34.9 Å². The molecule has 4 nitrogen and oxygen atoms in total. The summed E-state index contributed by atoms with van der Waals surface area (Å²) in [6, 6.07) is 9.76. The van der Waals surface area contributed by atoms with Gasteiger partial charge in [0.25, 0.3) is 0 Å². The Hall–Kier alpha value is -1.68. The smallest absolute Gasteiger partial charge is 0.240 e. The molecule has 0 radical (unpaired) electrons. The standard InChI is InChI=1S/C10H11N3O/c1-11-7-9-12-10(13-14-9)8-5-3-2-4-6-8/h2-6,11H,7H2,1H3. The van der Waals surface area contributed by atoms with E-state index in [9.17, 15) is 0 Å². The average molecular weight is 189 g/mol. The molecule has 2 aromatic rings. The minimum atomic E-state index is 0.597. The number of rotatable bonds is 3. The molecule has 0 atom stereocenters. The Bertz CT molecular complexity index is 397. The number of benzene rings is 1. The van der Waals surface area contributed by atoms with Crippen molar-refractivity contribution in [3.05, 3.63) is 36.2 Å². The van der Waals surface area contributed by atoms with Crippen molar-refractivity contribution in [2.75, 3.05) is 7.05 Å². The molecule has 1 aromatic heterocycles. The van der Waals surface area contributed by atoms with Crippen LogP contribution in [0.4, 0.5) is 0 Å². The van der Waals surface area contributed by atoms with E-state index < -0.39 is 0 Å². The fourth-order valence-corrected chi connectivity index (χ4v) is 1.18. The molecular weight excluding hydrogens is 178 g/mol. The van der Waals surface area contributed by atoms with Crippen molar-refractivity contribution in [3.63, 3.8) is 0 Å². The summed E-state index contributed by atoms with van der Waals surface area (Å²) in [5.41, 5.74) is 0.971. The van der Waals surface area contributed by atoms with Crippen molar-refractivity contribution >= 4 is 0 Å². The summed E-state index contributed by atoms with van der Waals surface area (Å²) in [7, 11) is 1.84. The van der Waals surface area contributed by atoms with Crippen LogP contribution in [0.3, 0.4) is 0 Å². The SMILES string of the molecule is CNCc1nc(-c2ccccc2)no1. The maximum Gasteiger partial charge on any atom is 0.240 e. The fraction of sp³-hybridized carbons (Fsp3) is 0.200. The second kappa shape index (κ2) is 4.02. The first-order chi connectivity index (χ1) is 6.90. The summed E-state index contributed by atoms with van der Waals surface area (Å²) in [5, 5.41) is 6.83. The van der Waals surface area contributed by atoms with Gasteiger partial charge in [0.15, 0.2) is 0 Å². The highest BCUT2D eigenvalue weighted by molar-refractivity contribution is 5.53. The first-order valence-electron chi connectivity index (χ1n) is 4.43. The van der Waals surface area contributed by atoms with Crippen molar-refractivity contribution < 1.29 is 4.52 Å². The number of aromatic nitrogens is 2. The van der Waals surface area contributed by atoms with Crippen LogP contribution in [0.5, 0.6) is 0 Å². The molecule has 0 fully saturated rings. The van der Waals surface area contributed by atoms with Crippen LogP contribution >= 0.6 is 0 Å². The van der Waals surface area contributed by atoms with Crippen LogP contribution in [0.1, 0.15) is 5.89 Å². The van der Waals surface area contributed by atoms with Gasteiger partial charge in [-0.15, -0.1) is 0 Å². The maximum atomic E-state index is 5.04. The quantitative estimate of drug-likeness (QED) is 0.794. The highest BCUT2D eigenvalue weighted by Gasteiger charge is 2.06. The van der Waals surface area contributed by atoms with E-state index >= 15 is 0 Å². The number of nitrogens with one attached hydrogen (secondary N) is 1. The Morgan fingerprint density at radius 3 is 2.79 bits per heavy atom. The number of nitrogens with zero attached hydrogens (tertiary/aromatic N) is 2. The van der Waals surface area contributed by atoms with Crippen LogP contribution in [-0.2, 0) is 6.54 Å². The van der Waals surface area contributed by atoms with E-state index in [1.54, 1.807) is 0 Å². The van der Waals surface area contributed by atoms with Gasteiger partial charge in [-0.1, -0.05) is 35.5 Å². The van der Waals surface area contributed by atoms with E-state index in [1.807, 2.05) is 37.4 Å². The lowest BCUT2D eigenvalue weighted by Crippen LogP contribution is -2.04. The van der Waals surface area contributed by atoms with Crippen molar-refractivity contribution in [1.82, 2.24) is 15.5 Å². The largest absolute Gasteiger partial charge is 0.338 e. The van der Waals surface area contributed by atoms with Gasteiger partial charge in [0, 0.05) is 5.56 Å². The van der Waals surface area contributed by atoms with E-state index in [-0.39, 0.29) is 0 Å². The molecule has 0 spiro atoms. The molecule has 0 bridgehead atoms. The zero-order valence-corrected chi connectivity index (χ0v) is 7.90. The van der Waals surface area contributed by atoms with E-state index in [4.69, 9.17) is 4.52 Å². The summed E-state index contributed by atoms with van der Waals surface area (Å²) in [4.78, 5) is 4.23. The van der Waals surface area contributed by atoms with Gasteiger partial charge >= 0.3 is 0 Å². The van der Waals surface area contributed by atoms with Crippen molar-refractivity contribution in [1.29, 1.82) is 0 Å². The van der Waals surface area contributed by atoms with Crippen molar-refractivity contribution in [2.45, 2.75) is 6.54 Å². The fourth-order valence-electron chi connectivity index (χ4n) is 1.18. The zero-order chi connectivity index (χ0) is 9.80. The molecule has 0 aliphatic rings. The van der Waals surface area contributed by atoms with E-state index in [1.165, 1.54) is 0 Å². The molecule has 4 heteroatoms. The maximum absolute atomic E-state index is 5.04. The molecule has 1 aromatic carbocycles. The van der Waals surface area contributed by atoms with Crippen LogP contribution in [-0.4, -0.2) is 17.2 Å². The Morgan fingerprint density at radius 2 is 2.07 bits per heavy atom. The average Bonchev–Trinajstić information content (AvgIpc) is 2.68. The Morgan fingerprint density at radius 1 is 1.29 bits per heavy atom. The molecule has 72 valence electrons. The van der Waals surface area contributed by atoms with Crippen LogP contribution in [0.25, 0.3) is 11.4 Å². The van der Waals surface area contributed by atoms with E-state index in [0.29, 0.717) is 18.3 Å². The van der Waals surface area contributed by atoms with Gasteiger partial charge < -0.3 is 9.84 Å². The van der Waals surface area contributed by atoms with Crippen LogP contribution < -0.4 is 5.32 Å². The number of hydrogen-bond acceptors (Lipinski definition) is 4. The summed E-state index contributed by atoms with van der Waals surface area (Å²) in [5.74, 6) is 1.24. The summed E-state index contributed by atoms with van der Waals surface area (Å²) < 4.78 is 5.04. The van der Waals surface area contributed by atoms with E-state index in [0.717, 1.165) is 5.56 Å². The second-order valence-corrected chi connectivity index (χ2v) is 2.91. The van der Waals surface area contributed by atoms with Gasteiger partial charge in [-0.05, 0) is 7.05 Å². The molecule has 1 N–H and O–H groups in total. The highest BCUT2D eigenvalue weighted by atomic mass is 16.5. The molecule has 0 unspecified atom stereocenters. The highest BCUT2D eigenvalue weighted by Crippen LogP contribution is 2.14. The Kier molecular flexibility index (Phi) is 2.55. The van der Waals surface area contributed by atoms with Crippen molar-refractivity contribution in [2.24, 2.45) is 0 Å². The van der Waals surface area contributed by atoms with Crippen molar-refractivity contribution in [3.8, 4) is 11.4 Å². The minimum absolute atomic E-state index is 0.597. The molecule has 0 saturated carbocycles. The Labute approximate surface area is 82.0 Å². The van der Waals surface area contributed by atoms with Crippen LogP contribution in [0, 0.1) is 0 Å². The molecule has 0 aliphatic carbocycles. The second-order valence-electron chi connectivity index (χ2n) is 2.91. The number of hydrogen-bond donors (Lipinski definition) is 1. The topological polar surface area (TPSA) is 51.0 Å². The third-order valence-corrected chi connectivity index (χ3v) is 1.83. The predicted octanol–water partition coefficient (Wildman–Crippen LogP) is 1.46. The van der Waals surface area contributed by atoms with Gasteiger partial charge in [-0.2, -0.15) is 4.98 Å². The normalized spacial score (nSPS) is 10.4. The van der Waals surface area contributed by atoms with E-state index in [2.05, 4.69) is 15.5 Å². The lowest BCUT2D eigenvalue weighted by molar-refractivity contribution is 0.372. The van der Waals surface area contributed by atoms with Gasteiger partial charge in [0.1, 0.15) is 0 Å². The van der Waals surface area contributed by atoms with Gasteiger partial charge in [-0.25, -0.2) is 0 Å². The minimum Gasteiger partial charge on any atom is -0.338 e. The molecule has 0 saturated heterocycles. The first kappa shape index (κ1) is 8.90. The summed E-state index contributed by atoms with van der Waals surface area (Å²) in [6.07, 6.45) is 0. The summed E-state index contributed by atoms with van der Waals surface area (Å²) in [6.45, 7) is 0.597. The van der Waals surface area contributed by atoms with Gasteiger partial charge in [0.2, 0.25) is 11.7 Å². The van der Waals surface area contributed by atoms with Gasteiger partial charge in [-0.3, -0.25) is 0 Å². The first-order valence-corrected chi connectivity index (χ1v) is 4.43. The molecule has 0 aliphatic heterocycles. The molecule has 1 heterocycles. The molecule has 0 amide bonds. The predicted molar refractivity (Wildman–Crippen MR) is 52.5 cm³/mol. The third kappa shape index (κ3) is 1.80. The summed E-state index contributed by atoms with van der Waals surface area (Å²) >= 11 is 0. The van der Waals surface area contributed by atoms with Gasteiger partial charge in [0.05, 0.1) is 6.54 Å². The zero-order valence-electron chi connectivity index (χ0n) is 7.90. The third-order valence-electron chi connectivity index (χ3n) is 1.83.